The molecule has 1 heterocycles. The first-order chi connectivity index (χ1) is 19.9. The fourth-order valence-corrected chi connectivity index (χ4v) is 4.09. The van der Waals surface area contributed by atoms with Gasteiger partial charge in [-0.15, -0.1) is 0 Å². The number of rotatable bonds is 14. The summed E-state index contributed by atoms with van der Waals surface area (Å²) in [5.41, 5.74) is 7.68. The molecule has 3 amide bonds. The van der Waals surface area contributed by atoms with Crippen LogP contribution in [0.5, 0.6) is 11.5 Å². The molecule has 13 nitrogen and oxygen atoms in total. The Kier molecular flexibility index (Phi) is 11.0. The summed E-state index contributed by atoms with van der Waals surface area (Å²) < 4.78 is 0. The number of aromatic nitrogens is 2. The summed E-state index contributed by atoms with van der Waals surface area (Å²) in [4.78, 5) is 58.6. The first-order valence-corrected chi connectivity index (χ1v) is 13.4. The molecule has 4 atom stereocenters. The topological polar surface area (TPSA) is 220 Å². The molecule has 42 heavy (non-hydrogen) atoms. The number of amides is 3. The number of nitrogens with zero attached hydrogens (tertiary/aromatic N) is 1. The van der Waals surface area contributed by atoms with Gasteiger partial charge in [0.1, 0.15) is 29.6 Å². The number of carbonyl (C=O) groups excluding carboxylic acids is 3. The Labute approximate surface area is 242 Å². The van der Waals surface area contributed by atoms with E-state index in [1.54, 1.807) is 38.1 Å². The van der Waals surface area contributed by atoms with E-state index in [9.17, 15) is 34.5 Å². The molecule has 3 rings (SSSR count). The van der Waals surface area contributed by atoms with Crippen molar-refractivity contribution >= 4 is 23.7 Å². The highest BCUT2D eigenvalue weighted by atomic mass is 16.4. The van der Waals surface area contributed by atoms with Gasteiger partial charge in [0.2, 0.25) is 17.7 Å². The van der Waals surface area contributed by atoms with E-state index in [1.807, 2.05) is 0 Å². The summed E-state index contributed by atoms with van der Waals surface area (Å²) in [6.07, 6.45) is 2.78. The van der Waals surface area contributed by atoms with Crippen molar-refractivity contribution in [3.63, 3.8) is 0 Å². The maximum Gasteiger partial charge on any atom is 0.326 e. The first-order valence-electron chi connectivity index (χ1n) is 13.4. The molecule has 0 radical (unpaired) electrons. The Bertz CT molecular complexity index is 1340. The van der Waals surface area contributed by atoms with Crippen LogP contribution in [0.1, 0.15) is 30.7 Å². The molecule has 13 heteroatoms. The minimum atomic E-state index is -1.33. The molecule has 0 spiro atoms. The van der Waals surface area contributed by atoms with Gasteiger partial charge in [-0.1, -0.05) is 38.1 Å². The van der Waals surface area contributed by atoms with Gasteiger partial charge in [-0.05, 0) is 41.3 Å². The van der Waals surface area contributed by atoms with Crippen molar-refractivity contribution in [2.75, 3.05) is 0 Å². The highest BCUT2D eigenvalue weighted by molar-refractivity contribution is 5.94. The number of aromatic amines is 1. The van der Waals surface area contributed by atoms with Gasteiger partial charge in [0, 0.05) is 31.2 Å². The highest BCUT2D eigenvalue weighted by Crippen LogP contribution is 2.14. The Morgan fingerprint density at radius 3 is 1.67 bits per heavy atom. The van der Waals surface area contributed by atoms with Crippen LogP contribution in [0.4, 0.5) is 0 Å². The molecule has 0 aliphatic carbocycles. The molecule has 224 valence electrons. The van der Waals surface area contributed by atoms with Crippen LogP contribution in [0.2, 0.25) is 0 Å². The average Bonchev–Trinajstić information content (AvgIpc) is 3.46. The summed E-state index contributed by atoms with van der Waals surface area (Å²) in [5.74, 6) is -3.47. The smallest absolute Gasteiger partial charge is 0.326 e. The largest absolute Gasteiger partial charge is 0.508 e. The third-order valence-electron chi connectivity index (χ3n) is 6.63. The van der Waals surface area contributed by atoms with E-state index < -0.39 is 47.9 Å². The number of aromatic hydroxyl groups is 2. The zero-order valence-corrected chi connectivity index (χ0v) is 23.3. The van der Waals surface area contributed by atoms with E-state index >= 15 is 0 Å². The lowest BCUT2D eigenvalue weighted by Crippen LogP contribution is -2.58. The van der Waals surface area contributed by atoms with Crippen LogP contribution in [0, 0.1) is 5.92 Å². The van der Waals surface area contributed by atoms with Gasteiger partial charge >= 0.3 is 5.97 Å². The minimum Gasteiger partial charge on any atom is -0.508 e. The zero-order valence-electron chi connectivity index (χ0n) is 23.3. The maximum absolute atomic E-state index is 13.6. The second-order valence-corrected chi connectivity index (χ2v) is 10.3. The first kappa shape index (κ1) is 31.6. The number of H-pyrrole nitrogens is 1. The molecule has 2 aromatic carbocycles. The number of hydrogen-bond donors (Lipinski definition) is 8. The highest BCUT2D eigenvalue weighted by Gasteiger charge is 2.31. The molecular weight excluding hydrogens is 544 g/mol. The van der Waals surface area contributed by atoms with Crippen LogP contribution in [0.15, 0.2) is 61.1 Å². The van der Waals surface area contributed by atoms with E-state index in [2.05, 4.69) is 25.9 Å². The Hall–Kier alpha value is -4.91. The summed E-state index contributed by atoms with van der Waals surface area (Å²) >= 11 is 0. The lowest BCUT2D eigenvalue weighted by atomic mass is 10.0. The molecule has 0 saturated heterocycles. The number of carboxylic acids is 1. The number of phenols is 2. The summed E-state index contributed by atoms with van der Waals surface area (Å²) in [6.45, 7) is 3.53. The van der Waals surface area contributed by atoms with E-state index in [0.717, 1.165) is 0 Å². The number of nitrogens with one attached hydrogen (secondary N) is 4. The van der Waals surface area contributed by atoms with Crippen molar-refractivity contribution in [3.8, 4) is 11.5 Å². The quantitative estimate of drug-likeness (QED) is 0.132. The third kappa shape index (κ3) is 9.34. The number of carboxylic acid groups (broad SMARTS) is 1. The minimum absolute atomic E-state index is 0.0142. The number of aliphatic carboxylic acids is 1. The van der Waals surface area contributed by atoms with Crippen molar-refractivity contribution in [1.82, 2.24) is 25.9 Å². The van der Waals surface area contributed by atoms with Gasteiger partial charge in [0.05, 0.1) is 12.4 Å². The Balaban J connectivity index is 1.83. The van der Waals surface area contributed by atoms with Crippen molar-refractivity contribution < 1.29 is 34.5 Å². The van der Waals surface area contributed by atoms with Gasteiger partial charge in [0.25, 0.3) is 0 Å². The molecule has 0 bridgehead atoms. The fraction of sp³-hybridized carbons (Fsp3) is 0.345. The molecule has 0 saturated carbocycles. The second-order valence-electron chi connectivity index (χ2n) is 10.3. The summed E-state index contributed by atoms with van der Waals surface area (Å²) in [5, 5.41) is 36.7. The van der Waals surface area contributed by atoms with Gasteiger partial charge < -0.3 is 42.0 Å². The second kappa shape index (κ2) is 14.6. The standard InChI is InChI=1S/C29H36N6O7/c1-16(2)25(30)28(40)34-22(11-17-3-7-20(36)8-4-17)26(38)33-23(13-19-14-31-15-32-19)27(39)35-24(29(41)42)12-18-5-9-21(37)10-6-18/h3-10,14-16,22-25,36-37H,11-13,30H2,1-2H3,(H,31,32)(H,33,38)(H,34,40)(H,35,39)(H,41,42). The Morgan fingerprint density at radius 1 is 0.762 bits per heavy atom. The van der Waals surface area contributed by atoms with Crippen molar-refractivity contribution in [2.45, 2.75) is 57.3 Å². The van der Waals surface area contributed by atoms with Crippen molar-refractivity contribution in [2.24, 2.45) is 11.7 Å². The Morgan fingerprint density at radius 2 is 1.21 bits per heavy atom. The van der Waals surface area contributed by atoms with Crippen LogP contribution < -0.4 is 21.7 Å². The van der Waals surface area contributed by atoms with Crippen LogP contribution >= 0.6 is 0 Å². The number of hydrogen-bond acceptors (Lipinski definition) is 8. The normalized spacial score (nSPS) is 13.9. The average molecular weight is 581 g/mol. The van der Waals surface area contributed by atoms with Crippen LogP contribution in [0.3, 0.4) is 0 Å². The number of phenolic OH excluding ortho intramolecular Hbond substituents is 2. The molecule has 3 aromatic rings. The lowest BCUT2D eigenvalue weighted by molar-refractivity contribution is -0.142. The van der Waals surface area contributed by atoms with Gasteiger partial charge in [0.15, 0.2) is 0 Å². The van der Waals surface area contributed by atoms with Crippen molar-refractivity contribution in [1.29, 1.82) is 0 Å². The van der Waals surface area contributed by atoms with Gasteiger partial charge in [-0.3, -0.25) is 14.4 Å². The fourth-order valence-electron chi connectivity index (χ4n) is 4.09. The van der Waals surface area contributed by atoms with Crippen LogP contribution in [-0.2, 0) is 38.4 Å². The monoisotopic (exact) mass is 580 g/mol. The molecule has 1 aromatic heterocycles. The van der Waals surface area contributed by atoms with Crippen LogP contribution in [-0.4, -0.2) is 73.1 Å². The third-order valence-corrected chi connectivity index (χ3v) is 6.63. The van der Waals surface area contributed by atoms with E-state index in [-0.39, 0.29) is 36.7 Å². The summed E-state index contributed by atoms with van der Waals surface area (Å²) in [7, 11) is 0. The van der Waals surface area contributed by atoms with Gasteiger partial charge in [-0.25, -0.2) is 9.78 Å². The van der Waals surface area contributed by atoms with E-state index in [4.69, 9.17) is 5.73 Å². The molecular formula is C29H36N6O7. The lowest BCUT2D eigenvalue weighted by Gasteiger charge is -2.26. The molecule has 0 aliphatic rings. The number of nitrogens with two attached hydrogens (primary N) is 1. The van der Waals surface area contributed by atoms with Crippen molar-refractivity contribution in [3.05, 3.63) is 77.9 Å². The number of carbonyl (C=O) groups is 4. The van der Waals surface area contributed by atoms with Gasteiger partial charge in [-0.2, -0.15) is 0 Å². The molecule has 0 aliphatic heterocycles. The van der Waals surface area contributed by atoms with Crippen LogP contribution in [0.25, 0.3) is 0 Å². The predicted molar refractivity (Wildman–Crippen MR) is 152 cm³/mol. The molecule has 9 N–H and O–H groups in total. The zero-order chi connectivity index (χ0) is 30.8. The SMILES string of the molecule is CC(C)C(N)C(=O)NC(Cc1ccc(O)cc1)C(=O)NC(Cc1cnc[nH]1)C(=O)NC(Cc1ccc(O)cc1)C(=O)O. The summed E-state index contributed by atoms with van der Waals surface area (Å²) in [6, 6.07) is 7.38. The number of benzene rings is 2. The van der Waals surface area contributed by atoms with E-state index in [0.29, 0.717) is 16.8 Å². The molecule has 4 unspecified atom stereocenters. The van der Waals surface area contributed by atoms with E-state index in [1.165, 1.54) is 36.8 Å². The molecule has 0 fully saturated rings. The number of imidazole rings is 1. The maximum atomic E-state index is 13.6. The predicted octanol–water partition coefficient (Wildman–Crippen LogP) is 0.371.